The van der Waals surface area contributed by atoms with E-state index in [0.717, 1.165) is 4.90 Å². The number of nitrogens with zero attached hydrogens (tertiary/aromatic N) is 1. The van der Waals surface area contributed by atoms with Crippen molar-refractivity contribution in [1.82, 2.24) is 4.90 Å². The molecule has 2 aliphatic rings. The van der Waals surface area contributed by atoms with Gasteiger partial charge in [0.15, 0.2) is 6.10 Å². The number of imide groups is 1. The quantitative estimate of drug-likeness (QED) is 0.625. The number of benzene rings is 2. The molecule has 0 aliphatic carbocycles. The van der Waals surface area contributed by atoms with E-state index in [1.807, 2.05) is 0 Å². The number of rotatable bonds is 5. The van der Waals surface area contributed by atoms with E-state index in [9.17, 15) is 19.2 Å². The number of fused-ring (bicyclic) bond motifs is 2. The lowest BCUT2D eigenvalue weighted by molar-refractivity contribution is -0.148. The van der Waals surface area contributed by atoms with Gasteiger partial charge in [0.1, 0.15) is 12.4 Å². The van der Waals surface area contributed by atoms with E-state index >= 15 is 0 Å². The molecule has 0 saturated heterocycles. The molecule has 0 aromatic heterocycles. The maximum Gasteiger partial charge on any atom is 0.310 e. The Morgan fingerprint density at radius 3 is 2.36 bits per heavy atom. The summed E-state index contributed by atoms with van der Waals surface area (Å²) in [6, 6.07) is 13.4. The molecule has 1 atom stereocenters. The molecule has 2 heterocycles. The van der Waals surface area contributed by atoms with E-state index in [4.69, 9.17) is 9.47 Å². The van der Waals surface area contributed by atoms with Crippen LogP contribution in [0.15, 0.2) is 48.5 Å². The number of ether oxygens (including phenoxy) is 2. The van der Waals surface area contributed by atoms with Crippen molar-refractivity contribution in [2.24, 2.45) is 0 Å². The Morgan fingerprint density at radius 1 is 1.00 bits per heavy atom. The molecular formula is C20H16N2O6. The number of amides is 3. The van der Waals surface area contributed by atoms with Gasteiger partial charge in [-0.25, -0.2) is 0 Å². The number of para-hydroxylation sites is 2. The zero-order valence-electron chi connectivity index (χ0n) is 14.7. The highest BCUT2D eigenvalue weighted by atomic mass is 16.5. The first-order chi connectivity index (χ1) is 13.5. The van der Waals surface area contributed by atoms with Crippen LogP contribution in [0, 0.1) is 0 Å². The average Bonchev–Trinajstić information content (AvgIpc) is 2.94. The number of anilines is 1. The summed E-state index contributed by atoms with van der Waals surface area (Å²) < 4.78 is 10.6. The fraction of sp³-hybridized carbons (Fsp3) is 0.200. The van der Waals surface area contributed by atoms with Gasteiger partial charge in [0.2, 0.25) is 0 Å². The van der Waals surface area contributed by atoms with Crippen LogP contribution in [0.25, 0.3) is 0 Å². The molecule has 4 rings (SSSR count). The molecule has 0 fully saturated rings. The van der Waals surface area contributed by atoms with Crippen LogP contribution in [-0.4, -0.2) is 47.8 Å². The molecule has 2 aromatic carbocycles. The highest BCUT2D eigenvalue weighted by molar-refractivity contribution is 6.21. The fourth-order valence-corrected chi connectivity index (χ4v) is 3.13. The van der Waals surface area contributed by atoms with E-state index in [2.05, 4.69) is 5.32 Å². The molecule has 142 valence electrons. The molecule has 0 spiro atoms. The van der Waals surface area contributed by atoms with E-state index in [-0.39, 0.29) is 19.6 Å². The Kier molecular flexibility index (Phi) is 4.52. The van der Waals surface area contributed by atoms with Gasteiger partial charge in [-0.2, -0.15) is 0 Å². The molecule has 8 heteroatoms. The van der Waals surface area contributed by atoms with Crippen LogP contribution in [0.2, 0.25) is 0 Å². The second-order valence-corrected chi connectivity index (χ2v) is 6.32. The van der Waals surface area contributed by atoms with E-state index in [1.165, 1.54) is 0 Å². The normalized spacial score (nSPS) is 17.5. The molecule has 2 aromatic rings. The van der Waals surface area contributed by atoms with Gasteiger partial charge in [-0.15, -0.1) is 0 Å². The van der Waals surface area contributed by atoms with Crippen LogP contribution in [0.5, 0.6) is 5.75 Å². The van der Waals surface area contributed by atoms with Crippen LogP contribution in [0.1, 0.15) is 27.1 Å². The lowest BCUT2D eigenvalue weighted by atomic mass is 10.1. The molecular weight excluding hydrogens is 364 g/mol. The Balaban J connectivity index is 1.30. The minimum absolute atomic E-state index is 0.0569. The van der Waals surface area contributed by atoms with Gasteiger partial charge in [0, 0.05) is 0 Å². The Morgan fingerprint density at radius 2 is 1.64 bits per heavy atom. The van der Waals surface area contributed by atoms with Crippen molar-refractivity contribution in [3.05, 3.63) is 59.7 Å². The molecule has 2 aliphatic heterocycles. The zero-order chi connectivity index (χ0) is 19.7. The number of carbonyl (C=O) groups excluding carboxylic acids is 4. The Hall–Kier alpha value is -3.68. The number of hydrogen-bond donors (Lipinski definition) is 1. The standard InChI is InChI=1S/C20H16N2O6/c23-17(11-16-18(24)21-14-7-3-4-8-15(14)28-16)27-10-9-22-19(25)12-5-1-2-6-13(12)20(22)26/h1-8,16H,9-11H2,(H,21,24)/t16-/m1/s1. The van der Waals surface area contributed by atoms with Crippen molar-refractivity contribution in [3.8, 4) is 5.75 Å². The summed E-state index contributed by atoms with van der Waals surface area (Å²) in [5, 5.41) is 2.67. The van der Waals surface area contributed by atoms with Gasteiger partial charge in [0.25, 0.3) is 17.7 Å². The summed E-state index contributed by atoms with van der Waals surface area (Å²) in [5.41, 5.74) is 1.22. The smallest absolute Gasteiger partial charge is 0.310 e. The molecule has 0 radical (unpaired) electrons. The zero-order valence-corrected chi connectivity index (χ0v) is 14.7. The maximum absolute atomic E-state index is 12.3. The van der Waals surface area contributed by atoms with Crippen molar-refractivity contribution in [3.63, 3.8) is 0 Å². The number of nitrogens with one attached hydrogen (secondary N) is 1. The van der Waals surface area contributed by atoms with Gasteiger partial charge in [0.05, 0.1) is 29.8 Å². The van der Waals surface area contributed by atoms with Crippen molar-refractivity contribution in [2.75, 3.05) is 18.5 Å². The number of carbonyl (C=O) groups is 4. The molecule has 8 nitrogen and oxygen atoms in total. The molecule has 0 saturated carbocycles. The van der Waals surface area contributed by atoms with E-state index in [0.29, 0.717) is 22.6 Å². The third-order valence-corrected chi connectivity index (χ3v) is 4.51. The number of hydrogen-bond acceptors (Lipinski definition) is 6. The second-order valence-electron chi connectivity index (χ2n) is 6.32. The van der Waals surface area contributed by atoms with Gasteiger partial charge in [-0.3, -0.25) is 24.1 Å². The molecule has 0 bridgehead atoms. The summed E-state index contributed by atoms with van der Waals surface area (Å²) in [4.78, 5) is 49.6. The van der Waals surface area contributed by atoms with E-state index < -0.39 is 29.8 Å². The molecule has 0 unspecified atom stereocenters. The van der Waals surface area contributed by atoms with Crippen LogP contribution >= 0.6 is 0 Å². The van der Waals surface area contributed by atoms with Crippen molar-refractivity contribution >= 4 is 29.4 Å². The third kappa shape index (κ3) is 3.20. The summed E-state index contributed by atoms with van der Waals surface area (Å²) in [6.45, 7) is -0.214. The average molecular weight is 380 g/mol. The highest BCUT2D eigenvalue weighted by Gasteiger charge is 2.35. The summed E-state index contributed by atoms with van der Waals surface area (Å²) in [5.74, 6) is -1.44. The molecule has 1 N–H and O–H groups in total. The largest absolute Gasteiger partial charge is 0.478 e. The topological polar surface area (TPSA) is 102 Å². The van der Waals surface area contributed by atoms with Gasteiger partial charge in [-0.1, -0.05) is 24.3 Å². The lowest BCUT2D eigenvalue weighted by Gasteiger charge is -2.25. The first-order valence-electron chi connectivity index (χ1n) is 8.72. The summed E-state index contributed by atoms with van der Waals surface area (Å²) >= 11 is 0. The van der Waals surface area contributed by atoms with Gasteiger partial charge < -0.3 is 14.8 Å². The first-order valence-corrected chi connectivity index (χ1v) is 8.72. The molecule has 28 heavy (non-hydrogen) atoms. The van der Waals surface area contributed by atoms with E-state index in [1.54, 1.807) is 48.5 Å². The predicted octanol–water partition coefficient (Wildman–Crippen LogP) is 1.62. The summed E-state index contributed by atoms with van der Waals surface area (Å²) in [6.07, 6.45) is -1.27. The highest BCUT2D eigenvalue weighted by Crippen LogP contribution is 2.29. The van der Waals surface area contributed by atoms with Gasteiger partial charge in [-0.05, 0) is 24.3 Å². The number of esters is 1. The van der Waals surface area contributed by atoms with Crippen LogP contribution in [0.3, 0.4) is 0 Å². The maximum atomic E-state index is 12.3. The minimum Gasteiger partial charge on any atom is -0.478 e. The lowest BCUT2D eigenvalue weighted by Crippen LogP contribution is -2.39. The Bertz CT molecular complexity index is 951. The summed E-state index contributed by atoms with van der Waals surface area (Å²) in [7, 11) is 0. The monoisotopic (exact) mass is 380 g/mol. The van der Waals surface area contributed by atoms with Crippen molar-refractivity contribution in [2.45, 2.75) is 12.5 Å². The van der Waals surface area contributed by atoms with Crippen molar-refractivity contribution < 1.29 is 28.7 Å². The predicted molar refractivity (Wildman–Crippen MR) is 96.9 cm³/mol. The van der Waals surface area contributed by atoms with Gasteiger partial charge >= 0.3 is 5.97 Å². The molecule has 3 amide bonds. The Labute approximate surface area is 160 Å². The fourth-order valence-electron chi connectivity index (χ4n) is 3.13. The van der Waals surface area contributed by atoms with Crippen molar-refractivity contribution in [1.29, 1.82) is 0 Å². The van der Waals surface area contributed by atoms with Crippen LogP contribution < -0.4 is 10.1 Å². The van der Waals surface area contributed by atoms with Crippen LogP contribution in [0.4, 0.5) is 5.69 Å². The SMILES string of the molecule is O=C(C[C@H]1Oc2ccccc2NC1=O)OCCN1C(=O)c2ccccc2C1=O. The third-order valence-electron chi connectivity index (χ3n) is 4.51. The second kappa shape index (κ2) is 7.15. The first kappa shape index (κ1) is 17.7. The minimum atomic E-state index is -0.998. The van der Waals surface area contributed by atoms with Crippen LogP contribution in [-0.2, 0) is 14.3 Å².